The number of thioether (sulfide) groups is 1. The van der Waals surface area contributed by atoms with Crippen LogP contribution in [0, 0.1) is 5.21 Å². The standard InChI is InChI=1S/C13H8NOS/c15-14-11-6-2-1-5-10(11)9-16-13-8-4-3-7-12(13)14/h1-8H. The molecule has 0 amide bonds. The lowest BCUT2D eigenvalue weighted by Crippen LogP contribution is -2.33. The fraction of sp³-hybridized carbons (Fsp3) is 0. The highest BCUT2D eigenvalue weighted by molar-refractivity contribution is 8.06. The first kappa shape index (κ1) is 9.48. The number of fused-ring (bicyclic) bond motifs is 2. The number of hydrogen-bond donors (Lipinski definition) is 0. The van der Waals surface area contributed by atoms with E-state index in [0.717, 1.165) is 14.9 Å². The molecule has 0 saturated heterocycles. The fourth-order valence-corrected chi connectivity index (χ4v) is 2.48. The smallest absolute Gasteiger partial charge is 0.231 e. The van der Waals surface area contributed by atoms with E-state index in [1.165, 1.54) is 11.8 Å². The molecule has 16 heavy (non-hydrogen) atoms. The van der Waals surface area contributed by atoms with E-state index in [4.69, 9.17) is 0 Å². The summed E-state index contributed by atoms with van der Waals surface area (Å²) in [4.78, 5) is 0.939. The van der Waals surface area contributed by atoms with E-state index in [9.17, 15) is 5.21 Å². The van der Waals surface area contributed by atoms with Gasteiger partial charge in [-0.1, -0.05) is 36.0 Å². The molecule has 0 aliphatic carbocycles. The second-order valence-electron chi connectivity index (χ2n) is 3.48. The third-order valence-corrected chi connectivity index (χ3v) is 3.36. The predicted octanol–water partition coefficient (Wildman–Crippen LogP) is 1.73. The quantitative estimate of drug-likeness (QED) is 0.505. The topological polar surface area (TPSA) is 26.1 Å². The van der Waals surface area contributed by atoms with Crippen LogP contribution in [0.2, 0.25) is 0 Å². The molecule has 2 nitrogen and oxygen atoms in total. The summed E-state index contributed by atoms with van der Waals surface area (Å²) in [6.45, 7) is 0. The van der Waals surface area contributed by atoms with Crippen molar-refractivity contribution >= 4 is 22.9 Å². The van der Waals surface area contributed by atoms with Crippen LogP contribution in [0.1, 0.15) is 0 Å². The maximum atomic E-state index is 12.2. The van der Waals surface area contributed by atoms with Crippen LogP contribution >= 0.6 is 11.8 Å². The Morgan fingerprint density at radius 3 is 2.69 bits per heavy atom. The van der Waals surface area contributed by atoms with Gasteiger partial charge in [-0.15, -0.1) is 0 Å². The third-order valence-electron chi connectivity index (χ3n) is 2.48. The maximum Gasteiger partial charge on any atom is 0.231 e. The molecule has 77 valence electrons. The Balaban J connectivity index is 2.45. The molecule has 1 heterocycles. The van der Waals surface area contributed by atoms with E-state index in [0.29, 0.717) is 11.0 Å². The van der Waals surface area contributed by atoms with Crippen LogP contribution in [0.5, 0.6) is 0 Å². The Bertz CT molecular complexity index is 664. The molecule has 0 spiro atoms. The van der Waals surface area contributed by atoms with Crippen molar-refractivity contribution in [1.82, 2.24) is 4.74 Å². The number of para-hydroxylation sites is 2. The van der Waals surface area contributed by atoms with Gasteiger partial charge in [-0.2, -0.15) is 4.74 Å². The second kappa shape index (κ2) is 3.68. The van der Waals surface area contributed by atoms with Gasteiger partial charge in [-0.3, -0.25) is 0 Å². The van der Waals surface area contributed by atoms with Gasteiger partial charge in [-0.25, -0.2) is 0 Å². The average molecular weight is 226 g/mol. The fourth-order valence-electron chi connectivity index (χ4n) is 1.69. The molecule has 1 aliphatic rings. The van der Waals surface area contributed by atoms with E-state index in [2.05, 4.69) is 5.41 Å². The Morgan fingerprint density at radius 1 is 1.00 bits per heavy atom. The van der Waals surface area contributed by atoms with Gasteiger partial charge in [0.05, 0.1) is 10.1 Å². The molecule has 3 heteroatoms. The first-order chi connectivity index (χ1) is 7.86. The van der Waals surface area contributed by atoms with Gasteiger partial charge in [0, 0.05) is 17.5 Å². The van der Waals surface area contributed by atoms with Gasteiger partial charge >= 0.3 is 0 Å². The van der Waals surface area contributed by atoms with Crippen molar-refractivity contribution in [2.75, 3.05) is 0 Å². The van der Waals surface area contributed by atoms with Gasteiger partial charge in [0.15, 0.2) is 0 Å². The summed E-state index contributed by atoms with van der Waals surface area (Å²) < 4.78 is 0.970. The molecule has 1 radical (unpaired) electrons. The van der Waals surface area contributed by atoms with Crippen LogP contribution < -0.4 is 15.3 Å². The molecule has 0 atom stereocenters. The van der Waals surface area contributed by atoms with Crippen molar-refractivity contribution in [3.63, 3.8) is 0 Å². The third kappa shape index (κ3) is 1.41. The van der Waals surface area contributed by atoms with Crippen molar-refractivity contribution in [3.05, 3.63) is 64.3 Å². The Labute approximate surface area is 97.1 Å². The molecule has 0 aromatic heterocycles. The summed E-state index contributed by atoms with van der Waals surface area (Å²) in [6.07, 6.45) is 0. The molecular formula is C13H8NOS. The van der Waals surface area contributed by atoms with E-state index in [-0.39, 0.29) is 0 Å². The predicted molar refractivity (Wildman–Crippen MR) is 65.7 cm³/mol. The average Bonchev–Trinajstić information content (AvgIpc) is 2.49. The van der Waals surface area contributed by atoms with E-state index < -0.39 is 0 Å². The SMILES string of the molecule is [O-][N+]1=c2ccccc2=[C]Sc2ccccc21. The number of hydrogen-bond acceptors (Lipinski definition) is 2. The normalized spacial score (nSPS) is 13.4. The maximum absolute atomic E-state index is 12.2. The van der Waals surface area contributed by atoms with Crippen molar-refractivity contribution in [2.24, 2.45) is 0 Å². The van der Waals surface area contributed by atoms with Gasteiger partial charge in [0.1, 0.15) is 0 Å². The molecule has 2 aromatic rings. The van der Waals surface area contributed by atoms with Crippen LogP contribution in [-0.2, 0) is 0 Å². The highest BCUT2D eigenvalue weighted by atomic mass is 32.2. The summed E-state index contributed by atoms with van der Waals surface area (Å²) in [6, 6.07) is 15.1. The van der Waals surface area contributed by atoms with Crippen LogP contribution in [0.25, 0.3) is 5.41 Å². The number of rotatable bonds is 0. The lowest BCUT2D eigenvalue weighted by Gasteiger charge is -2.04. The van der Waals surface area contributed by atoms with E-state index >= 15 is 0 Å². The second-order valence-corrected chi connectivity index (χ2v) is 4.33. The van der Waals surface area contributed by atoms with Gasteiger partial charge in [0.25, 0.3) is 0 Å². The minimum Gasteiger partial charge on any atom is -0.618 e. The van der Waals surface area contributed by atoms with Gasteiger partial charge in [0.2, 0.25) is 11.0 Å². The molecule has 0 N–H and O–H groups in total. The number of nitrogens with zero attached hydrogens (tertiary/aromatic N) is 1. The minimum absolute atomic E-state index is 0.653. The van der Waals surface area contributed by atoms with Crippen LogP contribution in [0.4, 0.5) is 5.69 Å². The van der Waals surface area contributed by atoms with Gasteiger partial charge < -0.3 is 5.21 Å². The van der Waals surface area contributed by atoms with Crippen molar-refractivity contribution in [3.8, 4) is 0 Å². The van der Waals surface area contributed by atoms with Crippen molar-refractivity contribution in [2.45, 2.75) is 4.90 Å². The largest absolute Gasteiger partial charge is 0.618 e. The summed E-state index contributed by atoms with van der Waals surface area (Å²) in [5.41, 5.74) is 0.685. The summed E-state index contributed by atoms with van der Waals surface area (Å²) in [5.74, 6) is 0. The summed E-state index contributed by atoms with van der Waals surface area (Å²) >= 11 is 1.46. The molecule has 0 bridgehead atoms. The van der Waals surface area contributed by atoms with Crippen LogP contribution in [0.15, 0.2) is 53.4 Å². The highest BCUT2D eigenvalue weighted by Gasteiger charge is 2.13. The molecule has 0 saturated carbocycles. The van der Waals surface area contributed by atoms with Crippen LogP contribution in [0.3, 0.4) is 0 Å². The first-order valence-electron chi connectivity index (χ1n) is 4.94. The van der Waals surface area contributed by atoms with Crippen molar-refractivity contribution < 1.29 is 0 Å². The molecule has 1 aliphatic heterocycles. The lowest BCUT2D eigenvalue weighted by molar-refractivity contribution is 0.943. The first-order valence-corrected chi connectivity index (χ1v) is 5.76. The zero-order valence-electron chi connectivity index (χ0n) is 8.38. The monoisotopic (exact) mass is 226 g/mol. The summed E-state index contributed by atoms with van der Waals surface area (Å²) in [5, 5.41) is 16.9. The number of benzene rings is 2. The molecular weight excluding hydrogens is 218 g/mol. The van der Waals surface area contributed by atoms with Crippen molar-refractivity contribution in [1.29, 1.82) is 0 Å². The minimum atomic E-state index is 0.653. The molecule has 3 rings (SSSR count). The van der Waals surface area contributed by atoms with E-state index in [1.807, 2.05) is 48.5 Å². The summed E-state index contributed by atoms with van der Waals surface area (Å²) in [7, 11) is 0. The lowest BCUT2D eigenvalue weighted by atomic mass is 10.3. The van der Waals surface area contributed by atoms with Gasteiger partial charge in [-0.05, 0) is 12.1 Å². The Kier molecular flexibility index (Phi) is 2.18. The highest BCUT2D eigenvalue weighted by Crippen LogP contribution is 2.29. The zero-order chi connectivity index (χ0) is 11.0. The Hall–Kier alpha value is -1.74. The molecule has 0 fully saturated rings. The molecule has 0 unspecified atom stereocenters. The van der Waals surface area contributed by atoms with E-state index in [1.54, 1.807) is 0 Å². The Morgan fingerprint density at radius 2 is 1.75 bits per heavy atom. The molecule has 2 aromatic carbocycles. The zero-order valence-corrected chi connectivity index (χ0v) is 9.20. The van der Waals surface area contributed by atoms with Crippen LogP contribution in [-0.4, -0.2) is 0 Å².